The monoisotopic (exact) mass is 521 g/mol. The fraction of sp³-hybridized carbons (Fsp3) is 0.207. The summed E-state index contributed by atoms with van der Waals surface area (Å²) in [6.45, 7) is 1.80. The highest BCUT2D eigenvalue weighted by Crippen LogP contribution is 2.47. The Morgan fingerprint density at radius 3 is 2.32 bits per heavy atom. The first-order valence-electron chi connectivity index (χ1n) is 11.9. The van der Waals surface area contributed by atoms with Gasteiger partial charge >= 0.3 is 6.18 Å². The van der Waals surface area contributed by atoms with Crippen LogP contribution >= 0.6 is 0 Å². The summed E-state index contributed by atoms with van der Waals surface area (Å²) in [6.07, 6.45) is -4.94. The number of aryl methyl sites for hydroxylation is 1. The highest BCUT2D eigenvalue weighted by Gasteiger charge is 2.44. The molecule has 5 rings (SSSR count). The number of nitrogens with zero attached hydrogens (tertiary/aromatic N) is 3. The summed E-state index contributed by atoms with van der Waals surface area (Å²) < 4.78 is 55.3. The number of benzene rings is 3. The molecule has 5 nitrogen and oxygen atoms in total. The van der Waals surface area contributed by atoms with Crippen molar-refractivity contribution in [2.24, 2.45) is 5.92 Å². The van der Waals surface area contributed by atoms with Crippen molar-refractivity contribution in [1.82, 2.24) is 9.78 Å². The van der Waals surface area contributed by atoms with E-state index < -0.39 is 35.2 Å². The van der Waals surface area contributed by atoms with Crippen molar-refractivity contribution >= 4 is 17.5 Å². The molecule has 1 aliphatic rings. The van der Waals surface area contributed by atoms with E-state index in [1.165, 1.54) is 29.2 Å². The fourth-order valence-corrected chi connectivity index (χ4v) is 5.12. The van der Waals surface area contributed by atoms with E-state index in [4.69, 9.17) is 0 Å². The summed E-state index contributed by atoms with van der Waals surface area (Å²) >= 11 is 0. The Morgan fingerprint density at radius 2 is 1.66 bits per heavy atom. The average molecular weight is 522 g/mol. The minimum atomic E-state index is -4.61. The third-order valence-electron chi connectivity index (χ3n) is 6.91. The predicted molar refractivity (Wildman–Crippen MR) is 134 cm³/mol. The van der Waals surface area contributed by atoms with Gasteiger partial charge in [-0.3, -0.25) is 14.5 Å². The molecule has 0 unspecified atom stereocenters. The average Bonchev–Trinajstić information content (AvgIpc) is 3.25. The van der Waals surface area contributed by atoms with Gasteiger partial charge < -0.3 is 0 Å². The van der Waals surface area contributed by atoms with Crippen molar-refractivity contribution in [2.75, 3.05) is 11.9 Å². The Balaban J connectivity index is 1.62. The summed E-state index contributed by atoms with van der Waals surface area (Å²) in [7, 11) is 1.59. The van der Waals surface area contributed by atoms with E-state index in [2.05, 4.69) is 5.10 Å². The number of rotatable bonds is 5. The summed E-state index contributed by atoms with van der Waals surface area (Å²) in [6, 6.07) is 19.1. The SMILES string of the molecule is Cc1nn(-c2ccccc2)c2c1[C@H](c1ccc(F)cc1)[C@H](CC(=O)c1cccc(C(F)(F)F)c1)C(=O)N2C. The van der Waals surface area contributed by atoms with Gasteiger partial charge in [0.1, 0.15) is 11.6 Å². The van der Waals surface area contributed by atoms with Crippen molar-refractivity contribution < 1.29 is 27.2 Å². The van der Waals surface area contributed by atoms with Crippen LogP contribution in [0.1, 0.15) is 45.1 Å². The van der Waals surface area contributed by atoms with Crippen LogP contribution in [0.25, 0.3) is 5.69 Å². The van der Waals surface area contributed by atoms with Crippen molar-refractivity contribution in [3.8, 4) is 5.69 Å². The van der Waals surface area contributed by atoms with Gasteiger partial charge in [-0.25, -0.2) is 9.07 Å². The molecule has 0 fully saturated rings. The van der Waals surface area contributed by atoms with Crippen LogP contribution in [0, 0.1) is 18.7 Å². The lowest BCUT2D eigenvalue weighted by Crippen LogP contribution is -2.43. The van der Waals surface area contributed by atoms with Crippen LogP contribution in [0.3, 0.4) is 0 Å². The second-order valence-electron chi connectivity index (χ2n) is 9.31. The third-order valence-corrected chi connectivity index (χ3v) is 6.91. The van der Waals surface area contributed by atoms with Crippen molar-refractivity contribution in [2.45, 2.75) is 25.4 Å². The van der Waals surface area contributed by atoms with E-state index >= 15 is 0 Å². The van der Waals surface area contributed by atoms with E-state index in [1.54, 1.807) is 30.8 Å². The molecule has 0 bridgehead atoms. The smallest absolute Gasteiger partial charge is 0.299 e. The molecular weight excluding hydrogens is 498 g/mol. The molecule has 1 aliphatic heterocycles. The summed E-state index contributed by atoms with van der Waals surface area (Å²) in [5.74, 6) is -2.51. The van der Waals surface area contributed by atoms with Gasteiger partial charge in [-0.05, 0) is 48.9 Å². The standard InChI is InChI=1S/C29H23F4N3O2/c1-17-25-26(18-11-13-21(30)14-12-18)23(16-24(37)19-7-6-8-20(15-19)29(31,32)33)28(38)35(2)27(25)36(34-17)22-9-4-3-5-10-22/h3-15,23,26H,16H2,1-2H3/t23-,26+/m0/s1. The Morgan fingerprint density at radius 1 is 0.974 bits per heavy atom. The molecule has 0 aliphatic carbocycles. The highest BCUT2D eigenvalue weighted by molar-refractivity contribution is 6.04. The van der Waals surface area contributed by atoms with Gasteiger partial charge in [-0.1, -0.05) is 42.5 Å². The molecule has 2 atom stereocenters. The van der Waals surface area contributed by atoms with Crippen LogP contribution in [-0.2, 0) is 11.0 Å². The molecular formula is C29H23F4N3O2. The second kappa shape index (κ2) is 9.55. The van der Waals surface area contributed by atoms with Gasteiger partial charge in [0.15, 0.2) is 5.78 Å². The maximum Gasteiger partial charge on any atom is 0.416 e. The van der Waals surface area contributed by atoms with E-state index in [0.717, 1.165) is 17.8 Å². The van der Waals surface area contributed by atoms with Gasteiger partial charge in [-0.15, -0.1) is 0 Å². The summed E-state index contributed by atoms with van der Waals surface area (Å²) in [4.78, 5) is 28.5. The number of anilines is 1. The van der Waals surface area contributed by atoms with E-state index in [-0.39, 0.29) is 17.9 Å². The molecule has 3 aromatic carbocycles. The van der Waals surface area contributed by atoms with Gasteiger partial charge in [0.2, 0.25) is 5.91 Å². The number of hydrogen-bond donors (Lipinski definition) is 0. The molecule has 0 N–H and O–H groups in total. The summed E-state index contributed by atoms with van der Waals surface area (Å²) in [5, 5.41) is 4.69. The van der Waals surface area contributed by atoms with Crippen LogP contribution in [0.2, 0.25) is 0 Å². The maximum absolute atomic E-state index is 13.8. The molecule has 38 heavy (non-hydrogen) atoms. The second-order valence-corrected chi connectivity index (χ2v) is 9.31. The number of hydrogen-bond acceptors (Lipinski definition) is 3. The topological polar surface area (TPSA) is 55.2 Å². The molecule has 4 aromatic rings. The van der Waals surface area contributed by atoms with Crippen molar-refractivity contribution in [1.29, 1.82) is 0 Å². The zero-order valence-corrected chi connectivity index (χ0v) is 20.5. The van der Waals surface area contributed by atoms with Crippen LogP contribution < -0.4 is 4.90 Å². The molecule has 2 heterocycles. The van der Waals surface area contributed by atoms with E-state index in [9.17, 15) is 27.2 Å². The molecule has 1 amide bonds. The number of alkyl halides is 3. The van der Waals surface area contributed by atoms with Gasteiger partial charge in [0.25, 0.3) is 0 Å². The van der Waals surface area contributed by atoms with E-state index in [1.807, 2.05) is 30.3 Å². The Bertz CT molecular complexity index is 1510. The molecule has 9 heteroatoms. The number of aromatic nitrogens is 2. The maximum atomic E-state index is 13.8. The number of Topliss-reactive ketones (excluding diaryl/α,β-unsaturated/α-hetero) is 1. The normalized spacial score (nSPS) is 17.4. The van der Waals surface area contributed by atoms with Gasteiger partial charge in [0.05, 0.1) is 22.9 Å². The Hall–Kier alpha value is -4.27. The molecule has 0 saturated carbocycles. The molecule has 0 saturated heterocycles. The molecule has 0 spiro atoms. The minimum Gasteiger partial charge on any atom is -0.299 e. The van der Waals surface area contributed by atoms with Crippen LogP contribution in [-0.4, -0.2) is 28.5 Å². The lowest BCUT2D eigenvalue weighted by Gasteiger charge is -2.36. The number of halogens is 4. The first-order valence-corrected chi connectivity index (χ1v) is 11.9. The number of ketones is 1. The first kappa shape index (κ1) is 25.4. The van der Waals surface area contributed by atoms with Gasteiger partial charge in [0, 0.05) is 30.5 Å². The zero-order chi connectivity index (χ0) is 27.2. The van der Waals surface area contributed by atoms with Crippen LogP contribution in [0.4, 0.5) is 23.4 Å². The number of carbonyl (C=O) groups is 2. The Labute approximate surface area is 216 Å². The molecule has 194 valence electrons. The lowest BCUT2D eigenvalue weighted by atomic mass is 9.74. The van der Waals surface area contributed by atoms with Gasteiger partial charge in [-0.2, -0.15) is 18.3 Å². The third kappa shape index (κ3) is 4.49. The number of fused-ring (bicyclic) bond motifs is 1. The highest BCUT2D eigenvalue weighted by atomic mass is 19.4. The molecule has 0 radical (unpaired) electrons. The first-order chi connectivity index (χ1) is 18.1. The van der Waals surface area contributed by atoms with Crippen molar-refractivity contribution in [3.05, 3.63) is 113 Å². The number of para-hydroxylation sites is 1. The van der Waals surface area contributed by atoms with E-state index in [0.29, 0.717) is 22.6 Å². The predicted octanol–water partition coefficient (Wildman–Crippen LogP) is 6.34. The number of amides is 1. The fourth-order valence-electron chi connectivity index (χ4n) is 5.12. The quantitative estimate of drug-likeness (QED) is 0.228. The number of carbonyl (C=O) groups excluding carboxylic acids is 2. The lowest BCUT2D eigenvalue weighted by molar-refractivity contribution is -0.137. The van der Waals surface area contributed by atoms with Crippen LogP contribution in [0.15, 0.2) is 78.9 Å². The largest absolute Gasteiger partial charge is 0.416 e. The molecule has 1 aromatic heterocycles. The van der Waals surface area contributed by atoms with Crippen LogP contribution in [0.5, 0.6) is 0 Å². The summed E-state index contributed by atoms with van der Waals surface area (Å²) in [5.41, 5.74) is 1.58. The minimum absolute atomic E-state index is 0.129. The van der Waals surface area contributed by atoms with Crippen molar-refractivity contribution in [3.63, 3.8) is 0 Å². The Kier molecular flexibility index (Phi) is 6.38. The zero-order valence-electron chi connectivity index (χ0n) is 20.5.